The molecule has 2 aliphatic heterocycles. The van der Waals surface area contributed by atoms with Crippen molar-refractivity contribution in [2.24, 2.45) is 15.4 Å². The zero-order valence-corrected chi connectivity index (χ0v) is 42.9. The summed E-state index contributed by atoms with van der Waals surface area (Å²) in [5, 5.41) is 31.4. The molecule has 21 nitrogen and oxygen atoms in total. The summed E-state index contributed by atoms with van der Waals surface area (Å²) >= 11 is 0. The van der Waals surface area contributed by atoms with Crippen molar-refractivity contribution >= 4 is 124 Å². The third-order valence-electron chi connectivity index (χ3n) is 14.3. The number of anilines is 3. The van der Waals surface area contributed by atoms with Gasteiger partial charge >= 0.3 is 0 Å². The van der Waals surface area contributed by atoms with Crippen LogP contribution in [-0.2, 0) is 27.5 Å². The number of nitrogen functional groups attached to an aromatic ring is 3. The Balaban J connectivity index is 0.000000123. The monoisotopic (exact) mass is 1030 g/mol. The summed E-state index contributed by atoms with van der Waals surface area (Å²) < 4.78 is 5.10. The standard InChI is InChI=1S/C21H21N5O.C18H18N6O.C17H17N7O/c1-2-18(27)21(6-7-21)12-26-11-16-19(25-26)15-4-3-13(14-5-8-23-10-14)9-17(15)24-20(16)22;1-10(18(25)20-2)24-9-14-16(23-24)13-4-3-11(12-5-6-21-8-12)7-15(13)22-17(14)19;1-2-19-15(25)9-24-8-12-11-4-3-10(13-5-6-20-22-13)7-14(11)21-17(18)16(12)23-24/h3-5,8-9,11H,2,6-7,10,12H2,1H3,(H2,22,24);3-7,9-10H,8H2,1-2H3,(H2,19,22)(H,20,25);3-8H,2,9H2,1H3,(H2,18,21)(H,19,25)(H,20,22). The lowest BCUT2D eigenvalue weighted by atomic mass is 9.99. The molecule has 3 aliphatic rings. The molecule has 1 aliphatic carbocycles. The van der Waals surface area contributed by atoms with Gasteiger partial charge in [0.1, 0.15) is 46.6 Å². The Kier molecular flexibility index (Phi) is 13.0. The van der Waals surface area contributed by atoms with Crippen LogP contribution < -0.4 is 27.8 Å². The average Bonchev–Trinajstić information content (AvgIpc) is 4.37. The first kappa shape index (κ1) is 49.5. The molecule has 1 atom stereocenters. The number of rotatable bonds is 12. The van der Waals surface area contributed by atoms with Crippen molar-refractivity contribution in [3.05, 3.63) is 109 Å². The molecule has 3 aromatic carbocycles. The number of hydrogen-bond acceptors (Lipinski definition) is 15. The third-order valence-corrected chi connectivity index (χ3v) is 14.3. The summed E-state index contributed by atoms with van der Waals surface area (Å²) in [6.07, 6.45) is 17.4. The predicted molar refractivity (Wildman–Crippen MR) is 303 cm³/mol. The quantitative estimate of drug-likeness (QED) is 0.0717. The maximum absolute atomic E-state index is 12.3. The van der Waals surface area contributed by atoms with Crippen LogP contribution in [0.15, 0.2) is 108 Å². The molecule has 77 heavy (non-hydrogen) atoms. The number of nitrogens with one attached hydrogen (secondary N) is 3. The molecule has 388 valence electrons. The largest absolute Gasteiger partial charge is 0.383 e. The van der Waals surface area contributed by atoms with Crippen molar-refractivity contribution in [2.45, 2.75) is 59.2 Å². The maximum atomic E-state index is 12.3. The molecule has 1 unspecified atom stereocenters. The van der Waals surface area contributed by atoms with E-state index in [-0.39, 0.29) is 23.8 Å². The van der Waals surface area contributed by atoms with Gasteiger partial charge in [-0.25, -0.2) is 15.0 Å². The molecule has 10 aromatic rings. The maximum Gasteiger partial charge on any atom is 0.244 e. The minimum atomic E-state index is -0.424. The molecular weight excluding hydrogens is 973 g/mol. The minimum absolute atomic E-state index is 0.0901. The number of fused-ring (bicyclic) bond motifs is 9. The van der Waals surface area contributed by atoms with Crippen molar-refractivity contribution in [3.63, 3.8) is 0 Å². The lowest BCUT2D eigenvalue weighted by Crippen LogP contribution is -2.27. The molecule has 1 fully saturated rings. The number of aliphatic imine (C=N–C) groups is 2. The summed E-state index contributed by atoms with van der Waals surface area (Å²) in [5.74, 6) is 1.36. The average molecular weight is 1030 g/mol. The highest BCUT2D eigenvalue weighted by molar-refractivity contribution is 6.11. The zero-order valence-electron chi connectivity index (χ0n) is 42.9. The lowest BCUT2D eigenvalue weighted by Gasteiger charge is -2.12. The molecule has 0 bridgehead atoms. The second kappa shape index (κ2) is 20.2. The van der Waals surface area contributed by atoms with Crippen molar-refractivity contribution in [3.8, 4) is 11.3 Å². The number of likely N-dealkylation sites (N-methyl/N-ethyl adjacent to an activating group) is 2. The Morgan fingerprint density at radius 2 is 1.25 bits per heavy atom. The first-order valence-electron chi connectivity index (χ1n) is 25.4. The number of allylic oxidation sites excluding steroid dienone is 2. The van der Waals surface area contributed by atoms with Crippen LogP contribution >= 0.6 is 0 Å². The van der Waals surface area contributed by atoms with Gasteiger partial charge in [0, 0.05) is 89.8 Å². The van der Waals surface area contributed by atoms with E-state index in [4.69, 9.17) is 22.3 Å². The molecule has 2 amide bonds. The van der Waals surface area contributed by atoms with Gasteiger partial charge in [0.05, 0.1) is 52.7 Å². The van der Waals surface area contributed by atoms with Gasteiger partial charge in [-0.1, -0.05) is 31.2 Å². The van der Waals surface area contributed by atoms with Gasteiger partial charge in [-0.05, 0) is 97.5 Å². The summed E-state index contributed by atoms with van der Waals surface area (Å²) in [4.78, 5) is 58.0. The van der Waals surface area contributed by atoms with Gasteiger partial charge in [0.2, 0.25) is 11.8 Å². The number of Topliss-reactive ketones (excluding diaryl/α,β-unsaturated/α-hetero) is 1. The fourth-order valence-electron chi connectivity index (χ4n) is 9.96. The zero-order chi connectivity index (χ0) is 53.5. The summed E-state index contributed by atoms with van der Waals surface area (Å²) in [6, 6.07) is 19.6. The van der Waals surface area contributed by atoms with Gasteiger partial charge < -0.3 is 27.8 Å². The molecule has 0 radical (unpaired) electrons. The highest BCUT2D eigenvalue weighted by atomic mass is 16.2. The van der Waals surface area contributed by atoms with Crippen LogP contribution in [0.1, 0.15) is 57.2 Å². The van der Waals surface area contributed by atoms with Crippen LogP contribution in [0.5, 0.6) is 0 Å². The van der Waals surface area contributed by atoms with Crippen molar-refractivity contribution in [2.75, 3.05) is 43.9 Å². The van der Waals surface area contributed by atoms with E-state index in [2.05, 4.69) is 68.1 Å². The second-order valence-electron chi connectivity index (χ2n) is 19.4. The van der Waals surface area contributed by atoms with E-state index in [1.165, 1.54) is 5.57 Å². The lowest BCUT2D eigenvalue weighted by molar-refractivity contribution is -0.124. The number of ketones is 1. The van der Waals surface area contributed by atoms with E-state index in [1.54, 1.807) is 35.7 Å². The van der Waals surface area contributed by atoms with Gasteiger partial charge in [0.15, 0.2) is 5.82 Å². The number of nitrogens with zero attached hydrogens (tertiary/aromatic N) is 12. The highest BCUT2D eigenvalue weighted by Gasteiger charge is 2.48. The molecule has 9 N–H and O–H groups in total. The smallest absolute Gasteiger partial charge is 0.244 e. The molecule has 9 heterocycles. The molecule has 13 rings (SSSR count). The normalized spacial score (nSPS) is 14.6. The number of nitrogens with two attached hydrogens (primary N) is 3. The highest BCUT2D eigenvalue weighted by Crippen LogP contribution is 2.49. The van der Waals surface area contributed by atoms with E-state index >= 15 is 0 Å². The van der Waals surface area contributed by atoms with E-state index in [0.29, 0.717) is 61.4 Å². The van der Waals surface area contributed by atoms with Gasteiger partial charge in [-0.15, -0.1) is 0 Å². The number of pyridine rings is 3. The van der Waals surface area contributed by atoms with Gasteiger partial charge in [-0.3, -0.25) is 43.5 Å². The number of carbonyl (C=O) groups excluding carboxylic acids is 3. The van der Waals surface area contributed by atoms with Crippen LogP contribution in [0.3, 0.4) is 0 Å². The third kappa shape index (κ3) is 9.58. The van der Waals surface area contributed by atoms with E-state index in [1.807, 2.05) is 104 Å². The van der Waals surface area contributed by atoms with Crippen LogP contribution in [0.2, 0.25) is 0 Å². The van der Waals surface area contributed by atoms with Crippen LogP contribution in [0.4, 0.5) is 17.5 Å². The first-order chi connectivity index (χ1) is 37.3. The second-order valence-corrected chi connectivity index (χ2v) is 19.4. The van der Waals surface area contributed by atoms with Crippen LogP contribution in [0, 0.1) is 5.41 Å². The molecule has 1 saturated carbocycles. The Bertz CT molecular complexity index is 4120. The molecule has 0 saturated heterocycles. The van der Waals surface area contributed by atoms with E-state index in [0.717, 1.165) is 101 Å². The molecular formula is C56H56N18O3. The Labute approximate surface area is 440 Å². The fraction of sp³-hybridized carbons (Fsp3) is 0.250. The van der Waals surface area contributed by atoms with Crippen molar-refractivity contribution in [1.29, 1.82) is 0 Å². The summed E-state index contributed by atoms with van der Waals surface area (Å²) in [5.41, 5.74) is 29.2. The number of hydrogen-bond donors (Lipinski definition) is 6. The Hall–Kier alpha value is -9.66. The van der Waals surface area contributed by atoms with E-state index in [9.17, 15) is 14.4 Å². The number of aromatic amines is 1. The molecule has 21 heteroatoms. The molecule has 7 aromatic heterocycles. The number of benzene rings is 3. The summed E-state index contributed by atoms with van der Waals surface area (Å²) in [6.45, 7) is 8.34. The number of aromatic nitrogens is 11. The topological polar surface area (TPSA) is 299 Å². The first-order valence-corrected chi connectivity index (χ1v) is 25.4. The van der Waals surface area contributed by atoms with Crippen LogP contribution in [0.25, 0.3) is 87.8 Å². The Morgan fingerprint density at radius 1 is 0.675 bits per heavy atom. The minimum Gasteiger partial charge on any atom is -0.383 e. The van der Waals surface area contributed by atoms with E-state index < -0.39 is 6.04 Å². The van der Waals surface area contributed by atoms with Crippen LogP contribution in [-0.4, -0.2) is 111 Å². The Morgan fingerprint density at radius 3 is 1.83 bits per heavy atom. The van der Waals surface area contributed by atoms with Gasteiger partial charge in [-0.2, -0.15) is 20.4 Å². The molecule has 0 spiro atoms. The van der Waals surface area contributed by atoms with Crippen molar-refractivity contribution < 1.29 is 14.4 Å². The number of carbonyl (C=O) groups is 3. The predicted octanol–water partition coefficient (Wildman–Crippen LogP) is 7.03. The summed E-state index contributed by atoms with van der Waals surface area (Å²) in [7, 11) is 1.61. The van der Waals surface area contributed by atoms with Crippen molar-refractivity contribution in [1.82, 2.24) is 65.1 Å². The van der Waals surface area contributed by atoms with Gasteiger partial charge in [0.25, 0.3) is 0 Å². The number of amides is 2. The number of H-pyrrole nitrogens is 1. The fourth-order valence-corrected chi connectivity index (χ4v) is 9.96. The SMILES string of the molecule is CCC(=O)C1(Cn2cc3c(N)nc4cc(C5=CC=NC5)ccc4c3n2)CC1.CCNC(=O)Cn1cc2c(n1)c(N)nc1cc(-c3ccn[nH]3)ccc12.CNC(=O)C(C)n1cc2c(N)nc3cc(C4=CC=NC4)ccc3c2n1.